The molecule has 1 atom stereocenters. The van der Waals surface area contributed by atoms with Gasteiger partial charge in [0.2, 0.25) is 0 Å². The lowest BCUT2D eigenvalue weighted by Gasteiger charge is -2.17. The van der Waals surface area contributed by atoms with E-state index in [1.54, 1.807) is 13.8 Å². The Morgan fingerprint density at radius 1 is 1.38 bits per heavy atom. The van der Waals surface area contributed by atoms with Gasteiger partial charge < -0.3 is 10.4 Å². The number of carboxylic acid groups (broad SMARTS) is 1. The van der Waals surface area contributed by atoms with Crippen LogP contribution >= 0.6 is 0 Å². The largest absolute Gasteiger partial charge is 0.480 e. The standard InChI is InChI=1S/C10H13N3O3/c1-6(2)8(10(15)16)13-9(14)7-3-4-11-12-5-7/h3-6,8H,1-2H3,(H,13,14)(H,15,16)/t8-/m0/s1. The van der Waals surface area contributed by atoms with Gasteiger partial charge in [-0.15, -0.1) is 0 Å². The normalized spacial score (nSPS) is 12.2. The molecule has 0 aliphatic rings. The van der Waals surface area contributed by atoms with Crippen LogP contribution in [0.5, 0.6) is 0 Å². The number of carbonyl (C=O) groups excluding carboxylic acids is 1. The molecule has 0 saturated carbocycles. The SMILES string of the molecule is CC(C)[C@H](NC(=O)c1ccnnc1)C(=O)O. The molecule has 1 aromatic rings. The molecule has 0 aliphatic heterocycles. The monoisotopic (exact) mass is 223 g/mol. The number of aromatic nitrogens is 2. The Bertz CT molecular complexity index is 378. The van der Waals surface area contributed by atoms with Crippen LogP contribution in [-0.2, 0) is 4.79 Å². The van der Waals surface area contributed by atoms with Crippen LogP contribution in [0.2, 0.25) is 0 Å². The van der Waals surface area contributed by atoms with Gasteiger partial charge >= 0.3 is 5.97 Å². The van der Waals surface area contributed by atoms with Crippen LogP contribution in [0.3, 0.4) is 0 Å². The Morgan fingerprint density at radius 3 is 2.50 bits per heavy atom. The zero-order valence-electron chi connectivity index (χ0n) is 9.04. The molecule has 0 unspecified atom stereocenters. The van der Waals surface area contributed by atoms with Crippen molar-refractivity contribution in [3.63, 3.8) is 0 Å². The molecule has 0 radical (unpaired) electrons. The fourth-order valence-electron chi connectivity index (χ4n) is 1.16. The van der Waals surface area contributed by atoms with Gasteiger partial charge in [0.15, 0.2) is 0 Å². The fraction of sp³-hybridized carbons (Fsp3) is 0.400. The van der Waals surface area contributed by atoms with Gasteiger partial charge in [-0.2, -0.15) is 10.2 Å². The highest BCUT2D eigenvalue weighted by Crippen LogP contribution is 2.03. The van der Waals surface area contributed by atoms with Crippen molar-refractivity contribution in [1.82, 2.24) is 15.5 Å². The lowest BCUT2D eigenvalue weighted by Crippen LogP contribution is -2.44. The first-order chi connectivity index (χ1) is 7.52. The third-order valence-corrected chi connectivity index (χ3v) is 2.07. The number of nitrogens with zero attached hydrogens (tertiary/aromatic N) is 2. The maximum atomic E-state index is 11.6. The summed E-state index contributed by atoms with van der Waals surface area (Å²) in [5.41, 5.74) is 0.293. The van der Waals surface area contributed by atoms with Crippen molar-refractivity contribution in [1.29, 1.82) is 0 Å². The van der Waals surface area contributed by atoms with E-state index in [-0.39, 0.29) is 5.92 Å². The first kappa shape index (κ1) is 12.1. The van der Waals surface area contributed by atoms with Crippen molar-refractivity contribution in [3.05, 3.63) is 24.0 Å². The predicted molar refractivity (Wildman–Crippen MR) is 55.8 cm³/mol. The minimum absolute atomic E-state index is 0.184. The average Bonchev–Trinajstić information content (AvgIpc) is 2.25. The highest BCUT2D eigenvalue weighted by molar-refractivity contribution is 5.96. The van der Waals surface area contributed by atoms with Gasteiger partial charge in [0.1, 0.15) is 6.04 Å². The number of carbonyl (C=O) groups is 2. The second-order valence-electron chi connectivity index (χ2n) is 3.66. The van der Waals surface area contributed by atoms with Crippen molar-refractivity contribution in [2.45, 2.75) is 19.9 Å². The first-order valence-electron chi connectivity index (χ1n) is 4.82. The van der Waals surface area contributed by atoms with Crippen LogP contribution in [0.1, 0.15) is 24.2 Å². The van der Waals surface area contributed by atoms with Gasteiger partial charge in [-0.1, -0.05) is 13.8 Å². The number of hydrogen-bond donors (Lipinski definition) is 2. The Balaban J connectivity index is 2.74. The maximum Gasteiger partial charge on any atom is 0.326 e. The smallest absolute Gasteiger partial charge is 0.326 e. The minimum atomic E-state index is -1.05. The minimum Gasteiger partial charge on any atom is -0.480 e. The molecule has 0 saturated heterocycles. The Kier molecular flexibility index (Phi) is 3.93. The van der Waals surface area contributed by atoms with E-state index >= 15 is 0 Å². The molecule has 86 valence electrons. The molecule has 1 aromatic heterocycles. The van der Waals surface area contributed by atoms with E-state index in [2.05, 4.69) is 15.5 Å². The van der Waals surface area contributed by atoms with Crippen LogP contribution in [0.4, 0.5) is 0 Å². The van der Waals surface area contributed by atoms with Crippen LogP contribution < -0.4 is 5.32 Å². The topological polar surface area (TPSA) is 92.2 Å². The van der Waals surface area contributed by atoms with E-state index in [4.69, 9.17) is 5.11 Å². The van der Waals surface area contributed by atoms with Crippen molar-refractivity contribution in [3.8, 4) is 0 Å². The molecule has 1 rings (SSSR count). The summed E-state index contributed by atoms with van der Waals surface area (Å²) in [7, 11) is 0. The Hall–Kier alpha value is -1.98. The maximum absolute atomic E-state index is 11.6. The quantitative estimate of drug-likeness (QED) is 0.766. The van der Waals surface area contributed by atoms with Gasteiger partial charge in [0.05, 0.1) is 18.0 Å². The molecule has 0 spiro atoms. The van der Waals surface area contributed by atoms with Crippen molar-refractivity contribution in [2.24, 2.45) is 5.92 Å². The van der Waals surface area contributed by atoms with E-state index < -0.39 is 17.9 Å². The van der Waals surface area contributed by atoms with E-state index in [0.29, 0.717) is 5.56 Å². The van der Waals surface area contributed by atoms with Crippen molar-refractivity contribution < 1.29 is 14.7 Å². The molecule has 0 aromatic carbocycles. The van der Waals surface area contributed by atoms with Crippen molar-refractivity contribution in [2.75, 3.05) is 0 Å². The van der Waals surface area contributed by atoms with Gasteiger partial charge in [0, 0.05) is 0 Å². The third kappa shape index (κ3) is 3.01. The first-order valence-corrected chi connectivity index (χ1v) is 4.82. The van der Waals surface area contributed by atoms with E-state index in [0.717, 1.165) is 0 Å². The molecule has 1 heterocycles. The molecule has 16 heavy (non-hydrogen) atoms. The predicted octanol–water partition coefficient (Wildman–Crippen LogP) is 0.316. The van der Waals surface area contributed by atoms with Crippen LogP contribution in [0, 0.1) is 5.92 Å². The van der Waals surface area contributed by atoms with Gasteiger partial charge in [-0.3, -0.25) is 4.79 Å². The van der Waals surface area contributed by atoms with Gasteiger partial charge in [-0.05, 0) is 12.0 Å². The molecular weight excluding hydrogens is 210 g/mol. The van der Waals surface area contributed by atoms with E-state index in [1.165, 1.54) is 18.5 Å². The van der Waals surface area contributed by atoms with Crippen LogP contribution in [0.25, 0.3) is 0 Å². The van der Waals surface area contributed by atoms with Crippen LogP contribution in [-0.4, -0.2) is 33.2 Å². The lowest BCUT2D eigenvalue weighted by molar-refractivity contribution is -0.140. The lowest BCUT2D eigenvalue weighted by atomic mass is 10.0. The average molecular weight is 223 g/mol. The molecule has 0 aliphatic carbocycles. The summed E-state index contributed by atoms with van der Waals surface area (Å²) in [5.74, 6) is -1.70. The molecule has 2 N–H and O–H groups in total. The summed E-state index contributed by atoms with van der Waals surface area (Å²) in [6.07, 6.45) is 2.66. The number of rotatable bonds is 4. The zero-order chi connectivity index (χ0) is 12.1. The molecule has 6 heteroatoms. The Labute approximate surface area is 92.7 Å². The summed E-state index contributed by atoms with van der Waals surface area (Å²) in [4.78, 5) is 22.5. The highest BCUT2D eigenvalue weighted by atomic mass is 16.4. The summed E-state index contributed by atoms with van der Waals surface area (Å²) < 4.78 is 0. The zero-order valence-corrected chi connectivity index (χ0v) is 9.04. The molecule has 6 nitrogen and oxygen atoms in total. The van der Waals surface area contributed by atoms with E-state index in [1.807, 2.05) is 0 Å². The number of aliphatic carboxylic acids is 1. The Morgan fingerprint density at radius 2 is 2.06 bits per heavy atom. The molecule has 0 fully saturated rings. The second kappa shape index (κ2) is 5.20. The third-order valence-electron chi connectivity index (χ3n) is 2.07. The molecule has 1 amide bonds. The molecular formula is C10H13N3O3. The summed E-state index contributed by atoms with van der Waals surface area (Å²) >= 11 is 0. The molecule has 0 bridgehead atoms. The number of hydrogen-bond acceptors (Lipinski definition) is 4. The summed E-state index contributed by atoms with van der Waals surface area (Å²) in [6.45, 7) is 3.45. The number of amides is 1. The number of carboxylic acids is 1. The van der Waals surface area contributed by atoms with Crippen LogP contribution in [0.15, 0.2) is 18.5 Å². The van der Waals surface area contributed by atoms with Crippen molar-refractivity contribution >= 4 is 11.9 Å². The highest BCUT2D eigenvalue weighted by Gasteiger charge is 2.23. The summed E-state index contributed by atoms with van der Waals surface area (Å²) in [5, 5.41) is 18.4. The fourth-order valence-corrected chi connectivity index (χ4v) is 1.16. The number of nitrogens with one attached hydrogen (secondary N) is 1. The van der Waals surface area contributed by atoms with Gasteiger partial charge in [-0.25, -0.2) is 4.79 Å². The van der Waals surface area contributed by atoms with Gasteiger partial charge in [0.25, 0.3) is 5.91 Å². The van der Waals surface area contributed by atoms with E-state index in [9.17, 15) is 9.59 Å². The summed E-state index contributed by atoms with van der Waals surface area (Å²) in [6, 6.07) is 0.572. The second-order valence-corrected chi connectivity index (χ2v) is 3.66.